The molecule has 1 nitrogen and oxygen atoms in total. The smallest absolute Gasteiger partial charge is 0.0693 e. The van der Waals surface area contributed by atoms with E-state index in [2.05, 4.69) is 13.0 Å². The summed E-state index contributed by atoms with van der Waals surface area (Å²) in [5.74, 6) is 4.02. The molecule has 2 aliphatic carbocycles. The van der Waals surface area contributed by atoms with Gasteiger partial charge in [0.15, 0.2) is 0 Å². The molecule has 0 N–H and O–H groups in total. The highest BCUT2D eigenvalue weighted by Gasteiger charge is 2.50. The maximum Gasteiger partial charge on any atom is 0.0693 e. The van der Waals surface area contributed by atoms with Gasteiger partial charge in [-0.15, -0.1) is 0 Å². The summed E-state index contributed by atoms with van der Waals surface area (Å²) < 4.78 is 0. The van der Waals surface area contributed by atoms with Crippen LogP contribution < -0.4 is 0 Å². The van der Waals surface area contributed by atoms with Crippen molar-refractivity contribution in [1.82, 2.24) is 0 Å². The van der Waals surface area contributed by atoms with Crippen LogP contribution >= 0.6 is 11.8 Å². The highest BCUT2D eigenvalue weighted by molar-refractivity contribution is 7.99. The monoisotopic (exact) mass is 209 g/mol. The van der Waals surface area contributed by atoms with E-state index in [1.165, 1.54) is 37.2 Å². The first-order valence-electron chi connectivity index (χ1n) is 5.80. The number of rotatable bonds is 4. The molecule has 14 heavy (non-hydrogen) atoms. The predicted molar refractivity (Wildman–Crippen MR) is 61.1 cm³/mol. The molecular weight excluding hydrogens is 190 g/mol. The molecule has 78 valence electrons. The lowest BCUT2D eigenvalue weighted by Crippen LogP contribution is -2.26. The summed E-state index contributed by atoms with van der Waals surface area (Å²) in [6.45, 7) is 2.20. The second kappa shape index (κ2) is 4.14. The fourth-order valence-corrected chi connectivity index (χ4v) is 4.14. The Labute approximate surface area is 91.3 Å². The molecule has 0 aromatic rings. The molecule has 0 radical (unpaired) electrons. The minimum Gasteiger partial charge on any atom is -0.198 e. The Morgan fingerprint density at radius 2 is 2.36 bits per heavy atom. The fourth-order valence-electron chi connectivity index (χ4n) is 3.34. The summed E-state index contributed by atoms with van der Waals surface area (Å²) in [5, 5.41) is 9.38. The van der Waals surface area contributed by atoms with Crippen LogP contribution in [0.5, 0.6) is 0 Å². The second-order valence-electron chi connectivity index (χ2n) is 4.79. The zero-order valence-electron chi connectivity index (χ0n) is 8.96. The van der Waals surface area contributed by atoms with Crippen LogP contribution in [0.2, 0.25) is 0 Å². The molecule has 2 heteroatoms. The number of hydrogen-bond acceptors (Lipinski definition) is 2. The van der Waals surface area contributed by atoms with Gasteiger partial charge in [-0.25, -0.2) is 0 Å². The normalized spacial score (nSPS) is 40.0. The van der Waals surface area contributed by atoms with Crippen LogP contribution in [-0.4, -0.2) is 11.5 Å². The van der Waals surface area contributed by atoms with Gasteiger partial charge in [0.25, 0.3) is 0 Å². The minimum atomic E-state index is 0.0884. The molecule has 3 unspecified atom stereocenters. The van der Waals surface area contributed by atoms with Crippen LogP contribution in [0.3, 0.4) is 0 Å². The Morgan fingerprint density at radius 1 is 1.50 bits per heavy atom. The maximum absolute atomic E-state index is 9.38. The Kier molecular flexibility index (Phi) is 3.07. The summed E-state index contributed by atoms with van der Waals surface area (Å²) in [5.41, 5.74) is 0.0884. The van der Waals surface area contributed by atoms with Gasteiger partial charge in [-0.3, -0.25) is 0 Å². The van der Waals surface area contributed by atoms with Gasteiger partial charge in [0.2, 0.25) is 0 Å². The highest BCUT2D eigenvalue weighted by atomic mass is 32.2. The average Bonchev–Trinajstić information content (AvgIpc) is 2.78. The SMILES string of the molecule is CCSCCC1(C#N)CC2CCC1C2. The third-order valence-corrected chi connectivity index (χ3v) is 5.00. The van der Waals surface area contributed by atoms with Crippen LogP contribution in [0.1, 0.15) is 39.0 Å². The lowest BCUT2D eigenvalue weighted by molar-refractivity contribution is 0.234. The van der Waals surface area contributed by atoms with Gasteiger partial charge in [-0.05, 0) is 49.0 Å². The van der Waals surface area contributed by atoms with Crippen molar-refractivity contribution >= 4 is 11.8 Å². The summed E-state index contributed by atoms with van der Waals surface area (Å²) >= 11 is 1.99. The maximum atomic E-state index is 9.38. The lowest BCUT2D eigenvalue weighted by atomic mass is 9.72. The standard InChI is InChI=1S/C12H19NS/c1-2-14-6-5-12(9-13)8-10-3-4-11(12)7-10/h10-11H,2-8H2,1H3. The number of nitrogens with zero attached hydrogens (tertiary/aromatic N) is 1. The van der Waals surface area contributed by atoms with Gasteiger partial charge in [0, 0.05) is 0 Å². The Bertz CT molecular complexity index is 245. The molecule has 0 aromatic heterocycles. The number of nitriles is 1. The van der Waals surface area contributed by atoms with Gasteiger partial charge in [-0.2, -0.15) is 17.0 Å². The van der Waals surface area contributed by atoms with Crippen molar-refractivity contribution in [3.63, 3.8) is 0 Å². The van der Waals surface area contributed by atoms with Crippen molar-refractivity contribution in [1.29, 1.82) is 5.26 Å². The topological polar surface area (TPSA) is 23.8 Å². The summed E-state index contributed by atoms with van der Waals surface area (Å²) in [7, 11) is 0. The largest absolute Gasteiger partial charge is 0.198 e. The summed E-state index contributed by atoms with van der Waals surface area (Å²) in [6, 6.07) is 2.65. The number of hydrogen-bond donors (Lipinski definition) is 0. The van der Waals surface area contributed by atoms with Crippen LogP contribution in [0, 0.1) is 28.6 Å². The zero-order valence-corrected chi connectivity index (χ0v) is 9.78. The van der Waals surface area contributed by atoms with E-state index in [-0.39, 0.29) is 5.41 Å². The molecule has 0 amide bonds. The van der Waals surface area contributed by atoms with E-state index in [0.717, 1.165) is 18.3 Å². The van der Waals surface area contributed by atoms with Crippen molar-refractivity contribution in [2.24, 2.45) is 17.3 Å². The molecule has 0 saturated heterocycles. The van der Waals surface area contributed by atoms with Crippen molar-refractivity contribution in [2.75, 3.05) is 11.5 Å². The van der Waals surface area contributed by atoms with Gasteiger partial charge in [0.1, 0.15) is 0 Å². The Morgan fingerprint density at radius 3 is 2.86 bits per heavy atom. The van der Waals surface area contributed by atoms with Crippen molar-refractivity contribution in [3.05, 3.63) is 0 Å². The van der Waals surface area contributed by atoms with Crippen molar-refractivity contribution < 1.29 is 0 Å². The molecule has 0 aromatic carbocycles. The fraction of sp³-hybridized carbons (Fsp3) is 0.917. The van der Waals surface area contributed by atoms with Gasteiger partial charge < -0.3 is 0 Å². The van der Waals surface area contributed by atoms with Gasteiger partial charge >= 0.3 is 0 Å². The van der Waals surface area contributed by atoms with Crippen LogP contribution in [0.4, 0.5) is 0 Å². The molecular formula is C12H19NS. The molecule has 2 rings (SSSR count). The molecule has 0 heterocycles. The third-order valence-electron chi connectivity index (χ3n) is 4.09. The second-order valence-corrected chi connectivity index (χ2v) is 6.19. The van der Waals surface area contributed by atoms with Crippen molar-refractivity contribution in [3.8, 4) is 6.07 Å². The number of thioether (sulfide) groups is 1. The first-order chi connectivity index (χ1) is 6.80. The molecule has 0 spiro atoms. The minimum absolute atomic E-state index is 0.0884. The quantitative estimate of drug-likeness (QED) is 0.662. The third kappa shape index (κ3) is 1.67. The van der Waals surface area contributed by atoms with E-state index >= 15 is 0 Å². The number of fused-ring (bicyclic) bond motifs is 2. The van der Waals surface area contributed by atoms with Crippen molar-refractivity contribution in [2.45, 2.75) is 39.0 Å². The first-order valence-corrected chi connectivity index (χ1v) is 6.95. The van der Waals surface area contributed by atoms with E-state index in [1.54, 1.807) is 0 Å². The molecule has 2 fully saturated rings. The molecule has 2 saturated carbocycles. The van der Waals surface area contributed by atoms with Crippen LogP contribution in [0.15, 0.2) is 0 Å². The lowest BCUT2D eigenvalue weighted by Gasteiger charge is -2.30. The van der Waals surface area contributed by atoms with Crippen LogP contribution in [0.25, 0.3) is 0 Å². The van der Waals surface area contributed by atoms with Gasteiger partial charge in [-0.1, -0.05) is 13.3 Å². The molecule has 2 bridgehead atoms. The first kappa shape index (κ1) is 10.4. The van der Waals surface area contributed by atoms with Crippen LogP contribution in [-0.2, 0) is 0 Å². The highest BCUT2D eigenvalue weighted by Crippen LogP contribution is 2.57. The molecule has 2 aliphatic rings. The van der Waals surface area contributed by atoms with E-state index in [0.29, 0.717) is 0 Å². The Balaban J connectivity index is 1.95. The van der Waals surface area contributed by atoms with E-state index in [9.17, 15) is 5.26 Å². The molecule has 3 atom stereocenters. The molecule has 0 aliphatic heterocycles. The van der Waals surface area contributed by atoms with Gasteiger partial charge in [0.05, 0.1) is 11.5 Å². The van der Waals surface area contributed by atoms with E-state index in [1.807, 2.05) is 11.8 Å². The zero-order chi connectivity index (χ0) is 10.0. The summed E-state index contributed by atoms with van der Waals surface area (Å²) in [6.07, 6.45) is 6.43. The Hall–Kier alpha value is -0.160. The van der Waals surface area contributed by atoms with E-state index < -0.39 is 0 Å². The average molecular weight is 209 g/mol. The van der Waals surface area contributed by atoms with E-state index in [4.69, 9.17) is 0 Å². The summed E-state index contributed by atoms with van der Waals surface area (Å²) in [4.78, 5) is 0. The predicted octanol–water partition coefficient (Wildman–Crippen LogP) is 3.46.